The lowest BCUT2D eigenvalue weighted by atomic mass is 10.2. The third-order valence-electron chi connectivity index (χ3n) is 2.23. The number of nitrogens with two attached hydrogens (primary N) is 1. The van der Waals surface area contributed by atoms with Crippen LogP contribution in [0.2, 0.25) is 0 Å². The van der Waals surface area contributed by atoms with Gasteiger partial charge in [0.05, 0.1) is 12.7 Å². The molecule has 0 heterocycles. The van der Waals surface area contributed by atoms with E-state index in [0.29, 0.717) is 11.3 Å². The summed E-state index contributed by atoms with van der Waals surface area (Å²) in [7, 11) is 0. The molecule has 0 fully saturated rings. The molecule has 1 rings (SSSR count). The van der Waals surface area contributed by atoms with E-state index in [2.05, 4.69) is 0 Å². The molecule has 0 aliphatic heterocycles. The first-order valence-electron chi connectivity index (χ1n) is 5.93. The molecule has 1 atom stereocenters. The Balaban J connectivity index is 2.45. The van der Waals surface area contributed by atoms with E-state index in [0.717, 1.165) is 0 Å². The van der Waals surface area contributed by atoms with E-state index in [1.165, 1.54) is 12.1 Å². The van der Waals surface area contributed by atoms with E-state index in [4.69, 9.17) is 15.2 Å². The molecule has 0 radical (unpaired) electrons. The summed E-state index contributed by atoms with van der Waals surface area (Å²) in [4.78, 5) is 0. The summed E-state index contributed by atoms with van der Waals surface area (Å²) in [5, 5.41) is 9.59. The standard InChI is InChI=1S/C13H20FNO3/c1-9(2)17-7-12(16)8-18-13-4-10(6-15)3-11(14)5-13/h3-5,9,12,16H,6-8,15H2,1-2H3. The Morgan fingerprint density at radius 1 is 1.28 bits per heavy atom. The molecule has 102 valence electrons. The van der Waals surface area contributed by atoms with Gasteiger partial charge in [0.25, 0.3) is 0 Å². The normalized spacial score (nSPS) is 12.8. The highest BCUT2D eigenvalue weighted by atomic mass is 19.1. The molecule has 1 unspecified atom stereocenters. The summed E-state index contributed by atoms with van der Waals surface area (Å²) in [6.45, 7) is 4.26. The Kier molecular flexibility index (Phi) is 6.04. The Labute approximate surface area is 107 Å². The van der Waals surface area contributed by atoms with Crippen molar-refractivity contribution in [3.8, 4) is 5.75 Å². The molecule has 1 aromatic rings. The monoisotopic (exact) mass is 257 g/mol. The Hall–Kier alpha value is -1.17. The molecule has 0 aromatic heterocycles. The molecule has 0 aliphatic rings. The average Bonchev–Trinajstić information content (AvgIpc) is 2.33. The van der Waals surface area contributed by atoms with Gasteiger partial charge >= 0.3 is 0 Å². The van der Waals surface area contributed by atoms with E-state index in [-0.39, 0.29) is 25.9 Å². The second-order valence-electron chi connectivity index (χ2n) is 4.35. The van der Waals surface area contributed by atoms with Gasteiger partial charge < -0.3 is 20.3 Å². The summed E-state index contributed by atoms with van der Waals surface area (Å²) in [5.74, 6) is -0.0417. The molecule has 0 amide bonds. The predicted molar refractivity (Wildman–Crippen MR) is 66.9 cm³/mol. The van der Waals surface area contributed by atoms with Crippen LogP contribution in [0.25, 0.3) is 0 Å². The molecule has 4 nitrogen and oxygen atoms in total. The number of aliphatic hydroxyl groups excluding tert-OH is 1. The van der Waals surface area contributed by atoms with Crippen molar-refractivity contribution in [2.24, 2.45) is 5.73 Å². The summed E-state index contributed by atoms with van der Waals surface area (Å²) >= 11 is 0. The van der Waals surface area contributed by atoms with E-state index < -0.39 is 11.9 Å². The highest BCUT2D eigenvalue weighted by molar-refractivity contribution is 5.29. The van der Waals surface area contributed by atoms with Gasteiger partial charge in [-0.3, -0.25) is 0 Å². The van der Waals surface area contributed by atoms with Gasteiger partial charge in [0.1, 0.15) is 24.3 Å². The zero-order valence-electron chi connectivity index (χ0n) is 10.7. The van der Waals surface area contributed by atoms with Crippen molar-refractivity contribution >= 4 is 0 Å². The van der Waals surface area contributed by atoms with Gasteiger partial charge in [-0.05, 0) is 31.5 Å². The maximum atomic E-state index is 13.2. The largest absolute Gasteiger partial charge is 0.491 e. The van der Waals surface area contributed by atoms with Crippen molar-refractivity contribution in [1.82, 2.24) is 0 Å². The van der Waals surface area contributed by atoms with Gasteiger partial charge in [-0.15, -0.1) is 0 Å². The molecule has 18 heavy (non-hydrogen) atoms. The van der Waals surface area contributed by atoms with Crippen LogP contribution in [0.1, 0.15) is 19.4 Å². The minimum absolute atomic E-state index is 0.0534. The first-order valence-corrected chi connectivity index (χ1v) is 5.93. The molecular weight excluding hydrogens is 237 g/mol. The average molecular weight is 257 g/mol. The number of ether oxygens (including phenoxy) is 2. The van der Waals surface area contributed by atoms with Crippen LogP contribution in [-0.4, -0.2) is 30.5 Å². The number of hydrogen-bond donors (Lipinski definition) is 2. The lowest BCUT2D eigenvalue weighted by molar-refractivity contribution is -0.0123. The topological polar surface area (TPSA) is 64.7 Å². The van der Waals surface area contributed by atoms with Crippen LogP contribution in [0.4, 0.5) is 4.39 Å². The van der Waals surface area contributed by atoms with E-state index >= 15 is 0 Å². The highest BCUT2D eigenvalue weighted by Gasteiger charge is 2.08. The van der Waals surface area contributed by atoms with Crippen LogP contribution in [-0.2, 0) is 11.3 Å². The molecule has 0 saturated carbocycles. The SMILES string of the molecule is CC(C)OCC(O)COc1cc(F)cc(CN)c1. The lowest BCUT2D eigenvalue weighted by Gasteiger charge is -2.15. The van der Waals surface area contributed by atoms with E-state index in [9.17, 15) is 9.50 Å². The first kappa shape index (κ1) is 14.9. The fourth-order valence-electron chi connectivity index (χ4n) is 1.37. The quantitative estimate of drug-likeness (QED) is 0.776. The Morgan fingerprint density at radius 2 is 2.00 bits per heavy atom. The van der Waals surface area contributed by atoms with Gasteiger partial charge in [-0.25, -0.2) is 4.39 Å². The lowest BCUT2D eigenvalue weighted by Crippen LogP contribution is -2.25. The summed E-state index contributed by atoms with van der Waals surface area (Å²) < 4.78 is 23.7. The minimum atomic E-state index is -0.739. The number of rotatable bonds is 7. The predicted octanol–water partition coefficient (Wildman–Crippen LogP) is 1.45. The van der Waals surface area contributed by atoms with Gasteiger partial charge in [-0.1, -0.05) is 0 Å². The maximum Gasteiger partial charge on any atom is 0.127 e. The van der Waals surface area contributed by atoms with Crippen LogP contribution in [0.3, 0.4) is 0 Å². The zero-order chi connectivity index (χ0) is 13.5. The van der Waals surface area contributed by atoms with Crippen molar-refractivity contribution in [2.45, 2.75) is 32.6 Å². The molecule has 3 N–H and O–H groups in total. The van der Waals surface area contributed by atoms with Gasteiger partial charge in [-0.2, -0.15) is 0 Å². The van der Waals surface area contributed by atoms with Crippen molar-refractivity contribution in [3.63, 3.8) is 0 Å². The maximum absolute atomic E-state index is 13.2. The van der Waals surface area contributed by atoms with E-state index in [1.54, 1.807) is 6.07 Å². The van der Waals surface area contributed by atoms with Crippen LogP contribution in [0.5, 0.6) is 5.75 Å². The zero-order valence-corrected chi connectivity index (χ0v) is 10.7. The van der Waals surface area contributed by atoms with Crippen LogP contribution in [0, 0.1) is 5.82 Å². The van der Waals surface area contributed by atoms with Gasteiger partial charge in [0, 0.05) is 12.6 Å². The summed E-state index contributed by atoms with van der Waals surface area (Å²) in [6.07, 6.45) is -0.686. The fourth-order valence-corrected chi connectivity index (χ4v) is 1.37. The van der Waals surface area contributed by atoms with E-state index in [1.807, 2.05) is 13.8 Å². The first-order chi connectivity index (χ1) is 8.51. The number of hydrogen-bond acceptors (Lipinski definition) is 4. The van der Waals surface area contributed by atoms with Gasteiger partial charge in [0.15, 0.2) is 0 Å². The Bertz CT molecular complexity index is 371. The molecule has 0 saturated heterocycles. The van der Waals surface area contributed by atoms with Crippen molar-refractivity contribution in [3.05, 3.63) is 29.6 Å². The van der Waals surface area contributed by atoms with Crippen LogP contribution in [0.15, 0.2) is 18.2 Å². The summed E-state index contributed by atoms with van der Waals surface area (Å²) in [6, 6.07) is 4.26. The smallest absolute Gasteiger partial charge is 0.127 e. The molecule has 5 heteroatoms. The molecule has 0 spiro atoms. The molecular formula is C13H20FNO3. The second kappa shape index (κ2) is 7.31. The van der Waals surface area contributed by atoms with Gasteiger partial charge in [0.2, 0.25) is 0 Å². The fraction of sp³-hybridized carbons (Fsp3) is 0.538. The number of halogens is 1. The molecule has 0 aliphatic carbocycles. The minimum Gasteiger partial charge on any atom is -0.491 e. The van der Waals surface area contributed by atoms with Crippen LogP contribution < -0.4 is 10.5 Å². The molecule has 1 aromatic carbocycles. The number of benzene rings is 1. The summed E-state index contributed by atoms with van der Waals surface area (Å²) in [5.41, 5.74) is 6.08. The van der Waals surface area contributed by atoms with Crippen molar-refractivity contribution in [1.29, 1.82) is 0 Å². The third kappa shape index (κ3) is 5.44. The van der Waals surface area contributed by atoms with Crippen LogP contribution >= 0.6 is 0 Å². The molecule has 0 bridgehead atoms. The second-order valence-corrected chi connectivity index (χ2v) is 4.35. The Morgan fingerprint density at radius 3 is 2.61 bits per heavy atom. The van der Waals surface area contributed by atoms with Crippen molar-refractivity contribution in [2.75, 3.05) is 13.2 Å². The third-order valence-corrected chi connectivity index (χ3v) is 2.23. The van der Waals surface area contributed by atoms with Crippen molar-refractivity contribution < 1.29 is 19.0 Å². The highest BCUT2D eigenvalue weighted by Crippen LogP contribution is 2.16. The number of aliphatic hydroxyl groups is 1.